The van der Waals surface area contributed by atoms with Crippen molar-refractivity contribution >= 4 is 15.9 Å². The van der Waals surface area contributed by atoms with Crippen molar-refractivity contribution in [3.05, 3.63) is 41.7 Å². The molecule has 6 heteroatoms. The molecule has 0 aliphatic heterocycles. The van der Waals surface area contributed by atoms with E-state index < -0.39 is 11.7 Å². The molecule has 2 aromatic rings. The molecule has 1 aromatic heterocycles. The summed E-state index contributed by atoms with van der Waals surface area (Å²) >= 11 is 3.20. The Balaban J connectivity index is 2.29. The molecule has 0 amide bonds. The summed E-state index contributed by atoms with van der Waals surface area (Å²) in [7, 11) is 0. The van der Waals surface area contributed by atoms with Gasteiger partial charge < -0.3 is 4.52 Å². The van der Waals surface area contributed by atoms with Crippen LogP contribution >= 0.6 is 15.9 Å². The van der Waals surface area contributed by atoms with Gasteiger partial charge in [-0.1, -0.05) is 33.2 Å². The zero-order valence-corrected chi connectivity index (χ0v) is 10.0. The fraction of sp³-hybridized carbons (Fsp3) is 0.182. The van der Waals surface area contributed by atoms with Gasteiger partial charge >= 0.3 is 6.18 Å². The number of alkyl halides is 4. The first-order valence-corrected chi connectivity index (χ1v) is 5.82. The Bertz CT molecular complexity index is 504. The van der Waals surface area contributed by atoms with Gasteiger partial charge in [-0.15, -0.1) is 0 Å². The van der Waals surface area contributed by atoms with Crippen molar-refractivity contribution in [2.45, 2.75) is 11.5 Å². The highest BCUT2D eigenvalue weighted by Gasteiger charge is 2.30. The number of hydrogen-bond donors (Lipinski definition) is 0. The van der Waals surface area contributed by atoms with Gasteiger partial charge in [-0.25, -0.2) is 0 Å². The molecule has 0 spiro atoms. The van der Waals surface area contributed by atoms with Crippen LogP contribution in [0.5, 0.6) is 0 Å². The van der Waals surface area contributed by atoms with E-state index in [4.69, 9.17) is 4.52 Å². The van der Waals surface area contributed by atoms with Crippen LogP contribution in [-0.2, 0) is 11.5 Å². The van der Waals surface area contributed by atoms with Crippen molar-refractivity contribution < 1.29 is 17.7 Å². The molecule has 0 unspecified atom stereocenters. The lowest BCUT2D eigenvalue weighted by Crippen LogP contribution is -2.03. The van der Waals surface area contributed by atoms with E-state index in [9.17, 15) is 13.2 Å². The molecule has 17 heavy (non-hydrogen) atoms. The van der Waals surface area contributed by atoms with E-state index in [-0.39, 0.29) is 0 Å². The van der Waals surface area contributed by atoms with Crippen LogP contribution in [0.2, 0.25) is 0 Å². The lowest BCUT2D eigenvalue weighted by molar-refractivity contribution is -0.137. The molecule has 1 aromatic carbocycles. The first-order valence-electron chi connectivity index (χ1n) is 4.70. The Hall–Kier alpha value is -1.30. The first kappa shape index (κ1) is 12.2. The average molecular weight is 306 g/mol. The van der Waals surface area contributed by atoms with E-state index >= 15 is 0 Å². The third-order valence-electron chi connectivity index (χ3n) is 2.20. The second-order valence-electron chi connectivity index (χ2n) is 3.39. The van der Waals surface area contributed by atoms with E-state index in [1.165, 1.54) is 12.1 Å². The zero-order chi connectivity index (χ0) is 12.5. The van der Waals surface area contributed by atoms with Crippen LogP contribution in [0.25, 0.3) is 11.3 Å². The summed E-state index contributed by atoms with van der Waals surface area (Å²) < 4.78 is 42.0. The minimum atomic E-state index is -4.32. The summed E-state index contributed by atoms with van der Waals surface area (Å²) in [5.74, 6) is 0.625. The molecule has 90 valence electrons. The number of halogens is 4. The molecule has 0 N–H and O–H groups in total. The standard InChI is InChI=1S/C11H7BrF3NO/c12-6-9-5-10(16-17-9)7-1-3-8(4-2-7)11(13,14)15/h1-5H,6H2. The van der Waals surface area contributed by atoms with E-state index in [0.29, 0.717) is 22.3 Å². The fourth-order valence-electron chi connectivity index (χ4n) is 1.34. The summed E-state index contributed by atoms with van der Waals surface area (Å²) in [6.07, 6.45) is -4.32. The second-order valence-corrected chi connectivity index (χ2v) is 3.95. The predicted octanol–water partition coefficient (Wildman–Crippen LogP) is 4.26. The third-order valence-corrected chi connectivity index (χ3v) is 2.75. The first-order chi connectivity index (χ1) is 8.00. The summed E-state index contributed by atoms with van der Waals surface area (Å²) in [5, 5.41) is 4.28. The highest BCUT2D eigenvalue weighted by atomic mass is 79.9. The molecule has 2 rings (SSSR count). The number of hydrogen-bond acceptors (Lipinski definition) is 2. The Labute approximate surface area is 104 Å². The monoisotopic (exact) mass is 305 g/mol. The Morgan fingerprint density at radius 3 is 2.29 bits per heavy atom. The van der Waals surface area contributed by atoms with Gasteiger partial charge in [0.25, 0.3) is 0 Å². The highest BCUT2D eigenvalue weighted by Crippen LogP contribution is 2.30. The molecular formula is C11H7BrF3NO. The maximum atomic E-state index is 12.3. The Kier molecular flexibility index (Phi) is 3.24. The normalized spacial score (nSPS) is 11.8. The van der Waals surface area contributed by atoms with Gasteiger partial charge in [0.1, 0.15) is 11.5 Å². The lowest BCUT2D eigenvalue weighted by atomic mass is 10.1. The van der Waals surface area contributed by atoms with Crippen LogP contribution in [0.15, 0.2) is 34.9 Å². The summed E-state index contributed by atoms with van der Waals surface area (Å²) in [4.78, 5) is 0. The molecule has 0 radical (unpaired) electrons. The maximum Gasteiger partial charge on any atom is 0.416 e. The van der Waals surface area contributed by atoms with Crippen molar-refractivity contribution in [3.8, 4) is 11.3 Å². The van der Waals surface area contributed by atoms with Crippen LogP contribution in [0, 0.1) is 0 Å². The van der Waals surface area contributed by atoms with Crippen LogP contribution in [-0.4, -0.2) is 5.16 Å². The van der Waals surface area contributed by atoms with E-state index in [0.717, 1.165) is 12.1 Å². The molecule has 0 aliphatic rings. The fourth-order valence-corrected chi connectivity index (χ4v) is 1.61. The van der Waals surface area contributed by atoms with Crippen LogP contribution in [0.3, 0.4) is 0 Å². The Morgan fingerprint density at radius 2 is 1.82 bits per heavy atom. The summed E-state index contributed by atoms with van der Waals surface area (Å²) in [5.41, 5.74) is 0.438. The van der Waals surface area contributed by atoms with Crippen molar-refractivity contribution in [3.63, 3.8) is 0 Å². The van der Waals surface area contributed by atoms with E-state index in [1.807, 2.05) is 0 Å². The number of aromatic nitrogens is 1. The summed E-state index contributed by atoms with van der Waals surface area (Å²) in [6, 6.07) is 6.48. The van der Waals surface area contributed by atoms with Crippen molar-refractivity contribution in [2.75, 3.05) is 0 Å². The molecule has 0 atom stereocenters. The predicted molar refractivity (Wildman–Crippen MR) is 59.6 cm³/mol. The van der Waals surface area contributed by atoms with Crippen LogP contribution in [0.1, 0.15) is 11.3 Å². The SMILES string of the molecule is FC(F)(F)c1ccc(-c2cc(CBr)on2)cc1. The van der Waals surface area contributed by atoms with Gasteiger partial charge in [-0.2, -0.15) is 13.2 Å². The van der Waals surface area contributed by atoms with Crippen LogP contribution < -0.4 is 0 Å². The quantitative estimate of drug-likeness (QED) is 0.775. The number of benzene rings is 1. The zero-order valence-electron chi connectivity index (χ0n) is 8.46. The highest BCUT2D eigenvalue weighted by molar-refractivity contribution is 9.08. The van der Waals surface area contributed by atoms with E-state index in [2.05, 4.69) is 21.1 Å². The minimum absolute atomic E-state index is 0.515. The average Bonchev–Trinajstić information content (AvgIpc) is 2.76. The van der Waals surface area contributed by atoms with Crippen LogP contribution in [0.4, 0.5) is 13.2 Å². The van der Waals surface area contributed by atoms with Crippen molar-refractivity contribution in [2.24, 2.45) is 0 Å². The maximum absolute atomic E-state index is 12.3. The van der Waals surface area contributed by atoms with Crippen molar-refractivity contribution in [1.29, 1.82) is 0 Å². The smallest absolute Gasteiger partial charge is 0.360 e. The van der Waals surface area contributed by atoms with E-state index in [1.54, 1.807) is 6.07 Å². The molecule has 0 saturated heterocycles. The van der Waals surface area contributed by atoms with Gasteiger partial charge in [-0.3, -0.25) is 0 Å². The topological polar surface area (TPSA) is 26.0 Å². The molecule has 1 heterocycles. The van der Waals surface area contributed by atoms with Crippen molar-refractivity contribution in [1.82, 2.24) is 5.16 Å². The van der Waals surface area contributed by atoms with Gasteiger partial charge in [0, 0.05) is 11.6 Å². The lowest BCUT2D eigenvalue weighted by Gasteiger charge is -2.06. The molecule has 0 aliphatic carbocycles. The molecule has 0 fully saturated rings. The third kappa shape index (κ3) is 2.69. The molecule has 0 saturated carbocycles. The number of nitrogens with zero attached hydrogens (tertiary/aromatic N) is 1. The van der Waals surface area contributed by atoms with Gasteiger partial charge in [0.05, 0.1) is 10.9 Å². The molecule has 0 bridgehead atoms. The summed E-state index contributed by atoms with van der Waals surface area (Å²) in [6.45, 7) is 0. The largest absolute Gasteiger partial charge is 0.416 e. The number of rotatable bonds is 2. The molecule has 2 nitrogen and oxygen atoms in total. The van der Waals surface area contributed by atoms with Gasteiger partial charge in [-0.05, 0) is 12.1 Å². The minimum Gasteiger partial charge on any atom is -0.360 e. The van der Waals surface area contributed by atoms with Gasteiger partial charge in [0.15, 0.2) is 0 Å². The van der Waals surface area contributed by atoms with Gasteiger partial charge in [0.2, 0.25) is 0 Å². The second kappa shape index (κ2) is 4.52. The molecular weight excluding hydrogens is 299 g/mol. The Morgan fingerprint density at radius 1 is 1.18 bits per heavy atom.